The Balaban J connectivity index is 1.50. The van der Waals surface area contributed by atoms with Gasteiger partial charge in [-0.2, -0.15) is 5.10 Å². The fourth-order valence-corrected chi connectivity index (χ4v) is 4.08. The van der Waals surface area contributed by atoms with Crippen molar-refractivity contribution in [3.05, 3.63) is 35.2 Å². The van der Waals surface area contributed by atoms with Crippen molar-refractivity contribution in [1.82, 2.24) is 29.5 Å². The van der Waals surface area contributed by atoms with Gasteiger partial charge in [-0.1, -0.05) is 0 Å². The van der Waals surface area contributed by atoms with Crippen molar-refractivity contribution in [3.8, 4) is 0 Å². The van der Waals surface area contributed by atoms with Gasteiger partial charge < -0.3 is 14.4 Å². The van der Waals surface area contributed by atoms with E-state index in [2.05, 4.69) is 44.9 Å². The molecule has 1 aliphatic carbocycles. The van der Waals surface area contributed by atoms with Crippen LogP contribution in [0.3, 0.4) is 0 Å². The van der Waals surface area contributed by atoms with E-state index in [-0.39, 0.29) is 5.91 Å². The monoisotopic (exact) mass is 370 g/mol. The first-order valence-corrected chi connectivity index (χ1v) is 10.0. The van der Waals surface area contributed by atoms with Crippen LogP contribution in [0, 0.1) is 6.92 Å². The molecular formula is C20H30N6O. The summed E-state index contributed by atoms with van der Waals surface area (Å²) in [7, 11) is 4.17. The number of rotatable bonds is 6. The lowest BCUT2D eigenvalue weighted by Crippen LogP contribution is -2.40. The summed E-state index contributed by atoms with van der Waals surface area (Å²) < 4.78 is 2.25. The molecule has 2 aromatic heterocycles. The molecule has 1 amide bonds. The maximum atomic E-state index is 13.3. The highest BCUT2D eigenvalue weighted by molar-refractivity contribution is 5.96. The first kappa shape index (κ1) is 18.2. The van der Waals surface area contributed by atoms with Crippen LogP contribution in [-0.2, 0) is 6.54 Å². The van der Waals surface area contributed by atoms with Gasteiger partial charge in [-0.05, 0) is 46.7 Å². The summed E-state index contributed by atoms with van der Waals surface area (Å²) in [5.41, 5.74) is 2.69. The Bertz CT molecular complexity index is 803. The SMILES string of the molecule is Cc1[nH]nc(C2CC2)c1C(=O)N1CCCC(c2nccn2CCN(C)C)C1. The lowest BCUT2D eigenvalue weighted by Gasteiger charge is -2.33. The van der Waals surface area contributed by atoms with Gasteiger partial charge in [-0.3, -0.25) is 9.89 Å². The van der Waals surface area contributed by atoms with Crippen molar-refractivity contribution >= 4 is 5.91 Å². The maximum Gasteiger partial charge on any atom is 0.257 e. The van der Waals surface area contributed by atoms with Crippen molar-refractivity contribution < 1.29 is 4.79 Å². The van der Waals surface area contributed by atoms with Crippen LogP contribution in [0.1, 0.15) is 65.1 Å². The van der Waals surface area contributed by atoms with Crippen molar-refractivity contribution in [3.63, 3.8) is 0 Å². The standard InChI is InChI=1S/C20H30N6O/c1-14-17(18(23-22-14)15-6-7-15)20(27)26-9-4-5-16(13-26)19-21-8-10-25(19)12-11-24(2)3/h8,10,15-16H,4-7,9,11-13H2,1-3H3,(H,22,23). The molecule has 1 saturated carbocycles. The average molecular weight is 371 g/mol. The Morgan fingerprint density at radius 2 is 2.11 bits per heavy atom. The number of aromatic nitrogens is 4. The van der Waals surface area contributed by atoms with Gasteiger partial charge in [0, 0.05) is 56.1 Å². The second-order valence-electron chi connectivity index (χ2n) is 8.26. The van der Waals surface area contributed by atoms with Gasteiger partial charge >= 0.3 is 0 Å². The summed E-state index contributed by atoms with van der Waals surface area (Å²) >= 11 is 0. The molecule has 1 aliphatic heterocycles. The number of H-pyrrole nitrogens is 1. The Morgan fingerprint density at radius 1 is 1.30 bits per heavy atom. The van der Waals surface area contributed by atoms with Gasteiger partial charge in [-0.15, -0.1) is 0 Å². The van der Waals surface area contributed by atoms with Crippen LogP contribution in [0.5, 0.6) is 0 Å². The van der Waals surface area contributed by atoms with Crippen LogP contribution in [0.15, 0.2) is 12.4 Å². The molecule has 7 heteroatoms. The largest absolute Gasteiger partial charge is 0.338 e. The molecule has 1 unspecified atom stereocenters. The van der Waals surface area contributed by atoms with E-state index < -0.39 is 0 Å². The fourth-order valence-electron chi connectivity index (χ4n) is 4.08. The summed E-state index contributed by atoms with van der Waals surface area (Å²) in [6, 6.07) is 0. The Hall–Kier alpha value is -2.15. The van der Waals surface area contributed by atoms with Gasteiger partial charge in [0.25, 0.3) is 5.91 Å². The number of carbonyl (C=O) groups excluding carboxylic acids is 1. The zero-order valence-electron chi connectivity index (χ0n) is 16.6. The maximum absolute atomic E-state index is 13.3. The minimum atomic E-state index is 0.138. The number of nitrogens with zero attached hydrogens (tertiary/aromatic N) is 5. The minimum Gasteiger partial charge on any atom is -0.338 e. The molecule has 4 rings (SSSR count). The lowest BCUT2D eigenvalue weighted by atomic mass is 9.96. The van der Waals surface area contributed by atoms with Gasteiger partial charge in [-0.25, -0.2) is 4.98 Å². The highest BCUT2D eigenvalue weighted by atomic mass is 16.2. The number of nitrogens with one attached hydrogen (secondary N) is 1. The predicted molar refractivity (Wildman–Crippen MR) is 104 cm³/mol. The van der Waals surface area contributed by atoms with Crippen LogP contribution in [0.25, 0.3) is 0 Å². The Kier molecular flexibility index (Phi) is 5.04. The smallest absolute Gasteiger partial charge is 0.257 e. The van der Waals surface area contributed by atoms with Gasteiger partial charge in [0.05, 0.1) is 11.3 Å². The van der Waals surface area contributed by atoms with Gasteiger partial charge in [0.15, 0.2) is 0 Å². The lowest BCUT2D eigenvalue weighted by molar-refractivity contribution is 0.0701. The number of piperidine rings is 1. The molecule has 1 atom stereocenters. The second kappa shape index (κ2) is 7.46. The molecule has 1 saturated heterocycles. The highest BCUT2D eigenvalue weighted by Gasteiger charge is 2.35. The number of likely N-dealkylation sites (N-methyl/N-ethyl adjacent to an activating group) is 1. The van der Waals surface area contributed by atoms with Crippen LogP contribution in [0.2, 0.25) is 0 Å². The number of hydrogen-bond donors (Lipinski definition) is 1. The predicted octanol–water partition coefficient (Wildman–Crippen LogP) is 2.37. The first-order chi connectivity index (χ1) is 13.0. The molecule has 2 aromatic rings. The summed E-state index contributed by atoms with van der Waals surface area (Å²) in [6.07, 6.45) is 8.35. The van der Waals surface area contributed by atoms with Crippen LogP contribution in [-0.4, -0.2) is 69.2 Å². The van der Waals surface area contributed by atoms with Crippen molar-refractivity contribution in [2.75, 3.05) is 33.7 Å². The van der Waals surface area contributed by atoms with Crippen molar-refractivity contribution in [1.29, 1.82) is 0 Å². The van der Waals surface area contributed by atoms with Crippen molar-refractivity contribution in [2.24, 2.45) is 0 Å². The van der Waals surface area contributed by atoms with E-state index in [0.717, 1.165) is 74.6 Å². The number of carbonyl (C=O) groups is 1. The minimum absolute atomic E-state index is 0.138. The second-order valence-corrected chi connectivity index (χ2v) is 8.26. The molecule has 0 radical (unpaired) electrons. The number of hydrogen-bond acceptors (Lipinski definition) is 4. The summed E-state index contributed by atoms with van der Waals surface area (Å²) in [4.78, 5) is 22.1. The average Bonchev–Trinajstić information content (AvgIpc) is 3.27. The van der Waals surface area contributed by atoms with E-state index in [1.54, 1.807) is 0 Å². The van der Waals surface area contributed by atoms with E-state index in [9.17, 15) is 4.79 Å². The van der Waals surface area contributed by atoms with Gasteiger partial charge in [0.2, 0.25) is 0 Å². The van der Waals surface area contributed by atoms with Crippen LogP contribution in [0.4, 0.5) is 0 Å². The third-order valence-electron chi connectivity index (χ3n) is 5.76. The molecule has 2 fully saturated rings. The molecule has 1 N–H and O–H groups in total. The molecular weight excluding hydrogens is 340 g/mol. The molecule has 146 valence electrons. The Labute approximate surface area is 160 Å². The van der Waals surface area contributed by atoms with Crippen molar-refractivity contribution in [2.45, 2.75) is 51.0 Å². The normalized spacial score (nSPS) is 20.4. The zero-order valence-corrected chi connectivity index (χ0v) is 16.6. The summed E-state index contributed by atoms with van der Waals surface area (Å²) in [5.74, 6) is 2.02. The van der Waals surface area contributed by atoms with E-state index in [0.29, 0.717) is 11.8 Å². The number of imidazole rings is 1. The topological polar surface area (TPSA) is 70.0 Å². The number of aromatic amines is 1. The Morgan fingerprint density at radius 3 is 2.85 bits per heavy atom. The summed E-state index contributed by atoms with van der Waals surface area (Å²) in [6.45, 7) is 5.44. The van der Waals surface area contributed by atoms with E-state index in [1.807, 2.05) is 18.0 Å². The molecule has 0 aromatic carbocycles. The van der Waals surface area contributed by atoms with Gasteiger partial charge in [0.1, 0.15) is 5.82 Å². The number of likely N-dealkylation sites (tertiary alicyclic amines) is 1. The first-order valence-electron chi connectivity index (χ1n) is 10.0. The summed E-state index contributed by atoms with van der Waals surface area (Å²) in [5, 5.41) is 7.46. The number of amides is 1. The quantitative estimate of drug-likeness (QED) is 0.848. The third kappa shape index (κ3) is 3.78. The molecule has 0 bridgehead atoms. The van der Waals surface area contributed by atoms with Crippen LogP contribution < -0.4 is 0 Å². The number of aryl methyl sites for hydroxylation is 1. The van der Waals surface area contributed by atoms with Crippen LogP contribution >= 0.6 is 0 Å². The van der Waals surface area contributed by atoms with E-state index >= 15 is 0 Å². The molecule has 0 spiro atoms. The molecule has 3 heterocycles. The van der Waals surface area contributed by atoms with E-state index in [1.165, 1.54) is 0 Å². The molecule has 27 heavy (non-hydrogen) atoms. The zero-order chi connectivity index (χ0) is 19.0. The third-order valence-corrected chi connectivity index (χ3v) is 5.76. The molecule has 7 nitrogen and oxygen atoms in total. The molecule has 2 aliphatic rings. The fraction of sp³-hybridized carbons (Fsp3) is 0.650. The van der Waals surface area contributed by atoms with E-state index in [4.69, 9.17) is 0 Å². The highest BCUT2D eigenvalue weighted by Crippen LogP contribution is 2.41.